The van der Waals surface area contributed by atoms with E-state index in [1.165, 1.54) is 11.5 Å². The summed E-state index contributed by atoms with van der Waals surface area (Å²) in [6.45, 7) is 7.98. The lowest BCUT2D eigenvalue weighted by Gasteiger charge is -2.35. The maximum absolute atomic E-state index is 11.6. The maximum atomic E-state index is 11.6. The normalized spacial score (nSPS) is 23.7. The highest BCUT2D eigenvalue weighted by atomic mass is 32.1. The van der Waals surface area contributed by atoms with Crippen molar-refractivity contribution in [2.75, 3.05) is 26.2 Å². The quantitative estimate of drug-likeness (QED) is 0.798. The van der Waals surface area contributed by atoms with E-state index in [-0.39, 0.29) is 5.91 Å². The second-order valence-electron chi connectivity index (χ2n) is 5.27. The van der Waals surface area contributed by atoms with Crippen LogP contribution in [0.4, 0.5) is 0 Å². The van der Waals surface area contributed by atoms with Crippen LogP contribution in [0, 0.1) is 0 Å². The number of rotatable bonds is 6. The fourth-order valence-electron chi connectivity index (χ4n) is 2.48. The van der Waals surface area contributed by atoms with Crippen molar-refractivity contribution in [3.63, 3.8) is 0 Å². The van der Waals surface area contributed by atoms with Gasteiger partial charge in [0.1, 0.15) is 0 Å². The van der Waals surface area contributed by atoms with E-state index in [0.29, 0.717) is 24.4 Å². The molecule has 20 heavy (non-hydrogen) atoms. The standard InChI is InChI=1S/C13H22N4O2S/c1-10-7-17(8-11(2)19-10)6-4-3-5-14-13(18)12-9-20-16-15-12/h9-11H,3-8H2,1-2H3,(H,14,18)/t10-,11+. The number of morpholine rings is 1. The highest BCUT2D eigenvalue weighted by Crippen LogP contribution is 2.11. The minimum Gasteiger partial charge on any atom is -0.373 e. The summed E-state index contributed by atoms with van der Waals surface area (Å²) >= 11 is 1.19. The lowest BCUT2D eigenvalue weighted by Crippen LogP contribution is -2.45. The largest absolute Gasteiger partial charge is 0.373 e. The zero-order valence-electron chi connectivity index (χ0n) is 12.0. The van der Waals surface area contributed by atoms with Gasteiger partial charge in [0.25, 0.3) is 5.91 Å². The molecule has 1 aromatic rings. The first-order chi connectivity index (χ1) is 9.65. The first-order valence-corrected chi connectivity index (χ1v) is 7.92. The molecule has 1 aromatic heterocycles. The van der Waals surface area contributed by atoms with Gasteiger partial charge in [-0.15, -0.1) is 5.10 Å². The number of carbonyl (C=O) groups is 1. The molecule has 2 atom stereocenters. The summed E-state index contributed by atoms with van der Waals surface area (Å²) in [5, 5.41) is 8.26. The fourth-order valence-corrected chi connectivity index (χ4v) is 2.92. The van der Waals surface area contributed by atoms with Crippen LogP contribution in [-0.4, -0.2) is 58.8 Å². The van der Waals surface area contributed by atoms with E-state index in [1.807, 2.05) is 0 Å². The van der Waals surface area contributed by atoms with Crippen molar-refractivity contribution in [2.45, 2.75) is 38.9 Å². The van der Waals surface area contributed by atoms with E-state index in [0.717, 1.165) is 32.5 Å². The van der Waals surface area contributed by atoms with E-state index in [2.05, 4.69) is 33.7 Å². The van der Waals surface area contributed by atoms with Gasteiger partial charge in [-0.05, 0) is 44.8 Å². The van der Waals surface area contributed by atoms with Crippen molar-refractivity contribution >= 4 is 17.4 Å². The van der Waals surface area contributed by atoms with E-state index in [1.54, 1.807) is 5.38 Å². The van der Waals surface area contributed by atoms with Gasteiger partial charge in [-0.1, -0.05) is 4.49 Å². The Hall–Kier alpha value is -1.05. The summed E-state index contributed by atoms with van der Waals surface area (Å²) in [5.41, 5.74) is 0.408. The average Bonchev–Trinajstić information content (AvgIpc) is 2.90. The van der Waals surface area contributed by atoms with Gasteiger partial charge in [0.2, 0.25) is 0 Å². The molecule has 0 spiro atoms. The maximum Gasteiger partial charge on any atom is 0.272 e. The van der Waals surface area contributed by atoms with Gasteiger partial charge in [0.05, 0.1) is 12.2 Å². The molecule has 0 radical (unpaired) electrons. The van der Waals surface area contributed by atoms with Crippen LogP contribution >= 0.6 is 11.5 Å². The summed E-state index contributed by atoms with van der Waals surface area (Å²) in [5.74, 6) is -0.132. The third-order valence-corrected chi connectivity index (χ3v) is 3.78. The van der Waals surface area contributed by atoms with Crippen LogP contribution in [0.5, 0.6) is 0 Å². The average molecular weight is 298 g/mol. The summed E-state index contributed by atoms with van der Waals surface area (Å²) < 4.78 is 9.38. The molecule has 1 aliphatic heterocycles. The minimum absolute atomic E-state index is 0.132. The molecule has 0 aliphatic carbocycles. The molecule has 1 N–H and O–H groups in total. The molecule has 0 aromatic carbocycles. The van der Waals surface area contributed by atoms with Crippen molar-refractivity contribution in [3.8, 4) is 0 Å². The molecule has 0 unspecified atom stereocenters. The van der Waals surface area contributed by atoms with E-state index in [4.69, 9.17) is 4.74 Å². The summed E-state index contributed by atoms with van der Waals surface area (Å²) in [4.78, 5) is 14.1. The number of ether oxygens (including phenoxy) is 1. The second-order valence-corrected chi connectivity index (χ2v) is 5.88. The minimum atomic E-state index is -0.132. The first kappa shape index (κ1) is 15.3. The van der Waals surface area contributed by atoms with Gasteiger partial charge < -0.3 is 10.1 Å². The molecule has 0 bridgehead atoms. The van der Waals surface area contributed by atoms with Crippen molar-refractivity contribution in [1.82, 2.24) is 19.8 Å². The molecule has 112 valence electrons. The molecule has 2 rings (SSSR count). The van der Waals surface area contributed by atoms with Gasteiger partial charge in [0, 0.05) is 25.0 Å². The number of aromatic nitrogens is 2. The summed E-state index contributed by atoms with van der Waals surface area (Å²) in [6, 6.07) is 0. The smallest absolute Gasteiger partial charge is 0.272 e. The predicted octanol–water partition coefficient (Wildman–Crippen LogP) is 1.16. The number of carbonyl (C=O) groups excluding carboxylic acids is 1. The molecule has 2 heterocycles. The molecule has 1 saturated heterocycles. The molecular weight excluding hydrogens is 276 g/mol. The van der Waals surface area contributed by atoms with E-state index < -0.39 is 0 Å². The van der Waals surface area contributed by atoms with Crippen LogP contribution in [0.3, 0.4) is 0 Å². The molecule has 0 saturated carbocycles. The highest BCUT2D eigenvalue weighted by molar-refractivity contribution is 7.03. The van der Waals surface area contributed by atoms with Crippen molar-refractivity contribution in [1.29, 1.82) is 0 Å². The number of nitrogens with one attached hydrogen (secondary N) is 1. The molecule has 6 nitrogen and oxygen atoms in total. The van der Waals surface area contributed by atoms with Gasteiger partial charge in [-0.2, -0.15) is 0 Å². The highest BCUT2D eigenvalue weighted by Gasteiger charge is 2.21. The van der Waals surface area contributed by atoms with Crippen LogP contribution in [0.2, 0.25) is 0 Å². The molecule has 7 heteroatoms. The van der Waals surface area contributed by atoms with Gasteiger partial charge in [-0.3, -0.25) is 9.69 Å². The molecule has 1 fully saturated rings. The Bertz CT molecular complexity index is 403. The number of unbranched alkanes of at least 4 members (excludes halogenated alkanes) is 1. The number of hydrogen-bond donors (Lipinski definition) is 1. The first-order valence-electron chi connectivity index (χ1n) is 7.08. The number of amides is 1. The SMILES string of the molecule is C[C@@H]1CN(CCCCNC(=O)c2csnn2)C[C@H](C)O1. The summed E-state index contributed by atoms with van der Waals surface area (Å²) in [7, 11) is 0. The topological polar surface area (TPSA) is 67.4 Å². The Morgan fingerprint density at radius 1 is 1.45 bits per heavy atom. The fraction of sp³-hybridized carbons (Fsp3) is 0.769. The Labute approximate surface area is 123 Å². The Morgan fingerprint density at radius 2 is 2.20 bits per heavy atom. The third-order valence-electron chi connectivity index (χ3n) is 3.27. The monoisotopic (exact) mass is 298 g/mol. The summed E-state index contributed by atoms with van der Waals surface area (Å²) in [6.07, 6.45) is 2.68. The lowest BCUT2D eigenvalue weighted by molar-refractivity contribution is -0.0681. The zero-order valence-corrected chi connectivity index (χ0v) is 12.9. The van der Waals surface area contributed by atoms with E-state index >= 15 is 0 Å². The number of nitrogens with zero attached hydrogens (tertiary/aromatic N) is 3. The molecule has 1 aliphatic rings. The molecular formula is C13H22N4O2S. The van der Waals surface area contributed by atoms with E-state index in [9.17, 15) is 4.79 Å². The Balaban J connectivity index is 1.56. The van der Waals surface area contributed by atoms with Crippen LogP contribution in [-0.2, 0) is 4.74 Å². The zero-order chi connectivity index (χ0) is 14.4. The molecule has 1 amide bonds. The lowest BCUT2D eigenvalue weighted by atomic mass is 10.2. The van der Waals surface area contributed by atoms with Crippen molar-refractivity contribution in [3.05, 3.63) is 11.1 Å². The Kier molecular flexibility index (Phi) is 5.87. The Morgan fingerprint density at radius 3 is 2.85 bits per heavy atom. The van der Waals surface area contributed by atoms with Crippen LogP contribution in [0.25, 0.3) is 0 Å². The van der Waals surface area contributed by atoms with Crippen LogP contribution in [0.15, 0.2) is 5.38 Å². The van der Waals surface area contributed by atoms with Crippen molar-refractivity contribution < 1.29 is 9.53 Å². The van der Waals surface area contributed by atoms with Gasteiger partial charge in [0.15, 0.2) is 5.69 Å². The van der Waals surface area contributed by atoms with Gasteiger partial charge in [-0.25, -0.2) is 0 Å². The third kappa shape index (κ3) is 4.81. The van der Waals surface area contributed by atoms with Crippen LogP contribution < -0.4 is 5.32 Å². The predicted molar refractivity (Wildman–Crippen MR) is 77.9 cm³/mol. The second kappa shape index (κ2) is 7.66. The number of hydrogen-bond acceptors (Lipinski definition) is 6. The van der Waals surface area contributed by atoms with Crippen molar-refractivity contribution in [2.24, 2.45) is 0 Å². The van der Waals surface area contributed by atoms with Crippen LogP contribution in [0.1, 0.15) is 37.2 Å². The van der Waals surface area contributed by atoms with Gasteiger partial charge >= 0.3 is 0 Å².